The van der Waals surface area contributed by atoms with Gasteiger partial charge in [0, 0.05) is 19.2 Å². The number of nitrogen functional groups attached to an aromatic ring is 1. The molecule has 0 unspecified atom stereocenters. The Balaban J connectivity index is 1.84. The number of nitrogens with zero attached hydrogens (tertiary/aromatic N) is 1. The first kappa shape index (κ1) is 22.7. The van der Waals surface area contributed by atoms with Crippen molar-refractivity contribution in [3.63, 3.8) is 0 Å². The number of carbonyl (C=O) groups is 2. The van der Waals surface area contributed by atoms with Gasteiger partial charge in [-0.05, 0) is 69.7 Å². The van der Waals surface area contributed by atoms with E-state index in [2.05, 4.69) is 54.2 Å². The highest BCUT2D eigenvalue weighted by molar-refractivity contribution is 9.10. The molecule has 3 N–H and O–H groups in total. The van der Waals surface area contributed by atoms with E-state index in [4.69, 9.17) is 10.5 Å². The Bertz CT molecular complexity index is 861. The van der Waals surface area contributed by atoms with Gasteiger partial charge in [-0.3, -0.25) is 4.79 Å². The molecule has 156 valence electrons. The van der Waals surface area contributed by atoms with Crippen molar-refractivity contribution in [3.05, 3.63) is 52.5 Å². The van der Waals surface area contributed by atoms with Crippen LogP contribution in [0, 0.1) is 0 Å². The lowest BCUT2D eigenvalue weighted by molar-refractivity contribution is -0.115. The molecule has 2 rings (SSSR count). The minimum atomic E-state index is -0.474. The molecule has 0 atom stereocenters. The standard InChI is InChI=1S/C22H28BrN3O3/c1-15(27)26(18-9-7-17(24)8-10-18)21(28)25-12-5-13-29-20-11-6-16(14-19(20)23)22(2,3)4/h6-11,14H,5,12-13,24H2,1-4H3,(H,25,28). The molecule has 0 radical (unpaired) electrons. The summed E-state index contributed by atoms with van der Waals surface area (Å²) in [5.74, 6) is 0.392. The van der Waals surface area contributed by atoms with Crippen molar-refractivity contribution in [1.29, 1.82) is 0 Å². The number of urea groups is 1. The zero-order chi connectivity index (χ0) is 21.6. The molecule has 0 saturated carbocycles. The quantitative estimate of drug-likeness (QED) is 0.474. The van der Waals surface area contributed by atoms with E-state index in [9.17, 15) is 9.59 Å². The third-order valence-corrected chi connectivity index (χ3v) is 4.94. The fraction of sp³-hybridized carbons (Fsp3) is 0.364. The lowest BCUT2D eigenvalue weighted by atomic mass is 9.87. The number of ether oxygens (including phenoxy) is 1. The Labute approximate surface area is 180 Å². The third kappa shape index (κ3) is 6.49. The molecule has 0 aromatic heterocycles. The van der Waals surface area contributed by atoms with E-state index in [1.54, 1.807) is 24.3 Å². The number of carbonyl (C=O) groups excluding carboxylic acids is 2. The van der Waals surface area contributed by atoms with Crippen molar-refractivity contribution in [2.24, 2.45) is 0 Å². The van der Waals surface area contributed by atoms with Crippen molar-refractivity contribution in [1.82, 2.24) is 5.32 Å². The summed E-state index contributed by atoms with van der Waals surface area (Å²) < 4.78 is 6.70. The van der Waals surface area contributed by atoms with Crippen LogP contribution in [-0.4, -0.2) is 25.1 Å². The summed E-state index contributed by atoms with van der Waals surface area (Å²) in [5, 5.41) is 2.75. The van der Waals surface area contributed by atoms with E-state index in [0.29, 0.717) is 30.9 Å². The molecule has 0 saturated heterocycles. The summed E-state index contributed by atoms with van der Waals surface area (Å²) in [4.78, 5) is 25.4. The van der Waals surface area contributed by atoms with Crippen molar-refractivity contribution >= 4 is 39.2 Å². The van der Waals surface area contributed by atoms with E-state index >= 15 is 0 Å². The van der Waals surface area contributed by atoms with Gasteiger partial charge in [-0.2, -0.15) is 0 Å². The second-order valence-electron chi connectivity index (χ2n) is 7.78. The maximum Gasteiger partial charge on any atom is 0.328 e. The first-order chi connectivity index (χ1) is 13.6. The summed E-state index contributed by atoms with van der Waals surface area (Å²) in [5.41, 5.74) is 7.99. The highest BCUT2D eigenvalue weighted by atomic mass is 79.9. The second-order valence-corrected chi connectivity index (χ2v) is 8.63. The average molecular weight is 462 g/mol. The fourth-order valence-electron chi connectivity index (χ4n) is 2.68. The largest absolute Gasteiger partial charge is 0.492 e. The number of halogens is 1. The Morgan fingerprint density at radius 1 is 1.14 bits per heavy atom. The number of amides is 3. The van der Waals surface area contributed by atoms with E-state index in [-0.39, 0.29) is 11.3 Å². The molecule has 6 nitrogen and oxygen atoms in total. The monoisotopic (exact) mass is 461 g/mol. The van der Waals surface area contributed by atoms with Gasteiger partial charge in [0.1, 0.15) is 5.75 Å². The minimum Gasteiger partial charge on any atom is -0.492 e. The van der Waals surface area contributed by atoms with Crippen LogP contribution in [0.3, 0.4) is 0 Å². The fourth-order valence-corrected chi connectivity index (χ4v) is 3.17. The lowest BCUT2D eigenvalue weighted by Gasteiger charge is -2.20. The second kappa shape index (κ2) is 9.78. The van der Waals surface area contributed by atoms with Gasteiger partial charge in [-0.1, -0.05) is 26.8 Å². The Morgan fingerprint density at radius 2 is 1.79 bits per heavy atom. The van der Waals surface area contributed by atoms with Gasteiger partial charge in [0.2, 0.25) is 5.91 Å². The summed E-state index contributed by atoms with van der Waals surface area (Å²) in [6.07, 6.45) is 0.604. The molecule has 0 aliphatic rings. The number of anilines is 2. The Hall–Kier alpha value is -2.54. The van der Waals surface area contributed by atoms with Crippen molar-refractivity contribution < 1.29 is 14.3 Å². The van der Waals surface area contributed by atoms with Gasteiger partial charge in [0.25, 0.3) is 0 Å². The first-order valence-electron chi connectivity index (χ1n) is 9.46. The lowest BCUT2D eigenvalue weighted by Crippen LogP contribution is -2.43. The number of benzene rings is 2. The van der Waals surface area contributed by atoms with Crippen LogP contribution < -0.4 is 20.7 Å². The maximum absolute atomic E-state index is 12.4. The van der Waals surface area contributed by atoms with Crippen LogP contribution in [0.2, 0.25) is 0 Å². The molecule has 29 heavy (non-hydrogen) atoms. The number of hydrogen-bond donors (Lipinski definition) is 2. The van der Waals surface area contributed by atoms with Crippen LogP contribution in [-0.2, 0) is 10.2 Å². The molecular formula is C22H28BrN3O3. The van der Waals surface area contributed by atoms with Crippen molar-refractivity contribution in [2.45, 2.75) is 39.5 Å². The van der Waals surface area contributed by atoms with Crippen LogP contribution in [0.5, 0.6) is 5.75 Å². The number of hydrogen-bond acceptors (Lipinski definition) is 4. The number of nitrogens with two attached hydrogens (primary N) is 1. The molecule has 0 bridgehead atoms. The smallest absolute Gasteiger partial charge is 0.328 e. The molecule has 2 aromatic carbocycles. The normalized spacial score (nSPS) is 11.1. The molecule has 0 aliphatic heterocycles. The van der Waals surface area contributed by atoms with Crippen molar-refractivity contribution in [3.8, 4) is 5.75 Å². The molecule has 2 aromatic rings. The Morgan fingerprint density at radius 3 is 2.34 bits per heavy atom. The van der Waals surface area contributed by atoms with Gasteiger partial charge in [0.05, 0.1) is 16.8 Å². The maximum atomic E-state index is 12.4. The van der Waals surface area contributed by atoms with E-state index < -0.39 is 6.03 Å². The van der Waals surface area contributed by atoms with Gasteiger partial charge >= 0.3 is 6.03 Å². The molecule has 0 fully saturated rings. The van der Waals surface area contributed by atoms with Crippen LogP contribution >= 0.6 is 15.9 Å². The van der Waals surface area contributed by atoms with Gasteiger partial charge < -0.3 is 15.8 Å². The van der Waals surface area contributed by atoms with E-state index in [0.717, 1.165) is 15.1 Å². The van der Waals surface area contributed by atoms with Crippen LogP contribution in [0.15, 0.2) is 46.9 Å². The molecular weight excluding hydrogens is 434 g/mol. The minimum absolute atomic E-state index is 0.0678. The summed E-state index contributed by atoms with van der Waals surface area (Å²) in [6, 6.07) is 12.2. The predicted molar refractivity (Wildman–Crippen MR) is 120 cm³/mol. The molecule has 0 aliphatic carbocycles. The molecule has 0 heterocycles. The zero-order valence-corrected chi connectivity index (χ0v) is 18.9. The molecule has 3 amide bonds. The van der Waals surface area contributed by atoms with Gasteiger partial charge in [-0.25, -0.2) is 9.69 Å². The topological polar surface area (TPSA) is 84.7 Å². The average Bonchev–Trinajstić information content (AvgIpc) is 2.63. The molecule has 7 heteroatoms. The van der Waals surface area contributed by atoms with Gasteiger partial charge in [-0.15, -0.1) is 0 Å². The highest BCUT2D eigenvalue weighted by Gasteiger charge is 2.19. The van der Waals surface area contributed by atoms with Crippen LogP contribution in [0.25, 0.3) is 0 Å². The molecule has 0 spiro atoms. The number of rotatable bonds is 6. The number of imide groups is 1. The first-order valence-corrected chi connectivity index (χ1v) is 10.3. The van der Waals surface area contributed by atoms with Gasteiger partial charge in [0.15, 0.2) is 0 Å². The Kier molecular flexibility index (Phi) is 7.67. The summed E-state index contributed by atoms with van der Waals surface area (Å²) in [6.45, 7) is 8.65. The van der Waals surface area contributed by atoms with E-state index in [1.165, 1.54) is 12.5 Å². The van der Waals surface area contributed by atoms with E-state index in [1.807, 2.05) is 6.07 Å². The van der Waals surface area contributed by atoms with Crippen LogP contribution in [0.4, 0.5) is 16.2 Å². The van der Waals surface area contributed by atoms with Crippen molar-refractivity contribution in [2.75, 3.05) is 23.8 Å². The van der Waals surface area contributed by atoms with Crippen LogP contribution in [0.1, 0.15) is 39.7 Å². The third-order valence-electron chi connectivity index (χ3n) is 4.32. The number of nitrogens with one attached hydrogen (secondary N) is 1. The SMILES string of the molecule is CC(=O)N(C(=O)NCCCOc1ccc(C(C)(C)C)cc1Br)c1ccc(N)cc1. The predicted octanol–water partition coefficient (Wildman–Crippen LogP) is 4.86. The highest BCUT2D eigenvalue weighted by Crippen LogP contribution is 2.31. The summed E-state index contributed by atoms with van der Waals surface area (Å²) in [7, 11) is 0. The summed E-state index contributed by atoms with van der Waals surface area (Å²) >= 11 is 3.55. The zero-order valence-electron chi connectivity index (χ0n) is 17.3.